The number of esters is 1. The Hall–Kier alpha value is -1.14. The summed E-state index contributed by atoms with van der Waals surface area (Å²) >= 11 is 1.44. The van der Waals surface area contributed by atoms with Crippen molar-refractivity contribution in [2.75, 3.05) is 19.9 Å². The van der Waals surface area contributed by atoms with E-state index in [1.165, 1.54) is 18.9 Å². The molecule has 0 radical (unpaired) electrons. The van der Waals surface area contributed by atoms with Gasteiger partial charge in [0.15, 0.2) is 5.16 Å². The van der Waals surface area contributed by atoms with Crippen LogP contribution in [0.15, 0.2) is 11.2 Å². The van der Waals surface area contributed by atoms with Gasteiger partial charge in [-0.25, -0.2) is 9.97 Å². The van der Waals surface area contributed by atoms with E-state index in [4.69, 9.17) is 0 Å². The summed E-state index contributed by atoms with van der Waals surface area (Å²) < 4.78 is 4.68. The number of nitrogens with zero attached hydrogens (tertiary/aromatic N) is 2. The molecule has 1 aromatic rings. The molecule has 1 atom stereocenters. The van der Waals surface area contributed by atoms with Crippen molar-refractivity contribution in [1.82, 2.24) is 15.3 Å². The molecule has 0 amide bonds. The van der Waals surface area contributed by atoms with Crippen LogP contribution in [0.25, 0.3) is 0 Å². The van der Waals surface area contributed by atoms with Crippen LogP contribution in [0.1, 0.15) is 11.4 Å². The predicted molar refractivity (Wildman–Crippen MR) is 67.1 cm³/mol. The third-order valence-electron chi connectivity index (χ3n) is 2.18. The predicted octanol–water partition coefficient (Wildman–Crippen LogP) is 0.947. The Bertz CT molecular complexity index is 378. The molecule has 0 bridgehead atoms. The monoisotopic (exact) mass is 255 g/mol. The first kappa shape index (κ1) is 13.9. The molecule has 1 aromatic heterocycles. The van der Waals surface area contributed by atoms with Gasteiger partial charge in [0.1, 0.15) is 6.04 Å². The van der Waals surface area contributed by atoms with Gasteiger partial charge in [-0.2, -0.15) is 0 Å². The van der Waals surface area contributed by atoms with Crippen molar-refractivity contribution in [2.45, 2.75) is 25.0 Å². The van der Waals surface area contributed by atoms with Crippen LogP contribution in [0.2, 0.25) is 0 Å². The standard InChI is InChI=1S/C11H17N3O2S/c1-7-5-8(2)14-11(13-7)17-6-9(12-3)10(15)16-4/h5,9,12H,6H2,1-4H3. The summed E-state index contributed by atoms with van der Waals surface area (Å²) in [5.74, 6) is 0.274. The maximum absolute atomic E-state index is 11.4. The normalized spacial score (nSPS) is 12.2. The van der Waals surface area contributed by atoms with E-state index in [0.29, 0.717) is 10.9 Å². The number of hydrogen-bond donors (Lipinski definition) is 1. The number of likely N-dealkylation sites (N-methyl/N-ethyl adjacent to an activating group) is 1. The number of carbonyl (C=O) groups is 1. The van der Waals surface area contributed by atoms with Gasteiger partial charge in [-0.3, -0.25) is 4.79 Å². The van der Waals surface area contributed by atoms with Crippen molar-refractivity contribution < 1.29 is 9.53 Å². The zero-order valence-corrected chi connectivity index (χ0v) is 11.3. The summed E-state index contributed by atoms with van der Waals surface area (Å²) in [6, 6.07) is 1.58. The lowest BCUT2D eigenvalue weighted by Crippen LogP contribution is -2.37. The summed E-state index contributed by atoms with van der Waals surface area (Å²) in [5, 5.41) is 3.59. The van der Waals surface area contributed by atoms with Crippen LogP contribution in [0, 0.1) is 13.8 Å². The second-order valence-corrected chi connectivity index (χ2v) is 4.60. The van der Waals surface area contributed by atoms with Crippen LogP contribution in [0.5, 0.6) is 0 Å². The molecular formula is C11H17N3O2S. The molecule has 94 valence electrons. The highest BCUT2D eigenvalue weighted by molar-refractivity contribution is 7.99. The molecule has 6 heteroatoms. The number of aromatic nitrogens is 2. The van der Waals surface area contributed by atoms with Crippen LogP contribution >= 0.6 is 11.8 Å². The first-order valence-corrected chi connectivity index (χ1v) is 6.25. The number of nitrogens with one attached hydrogen (secondary N) is 1. The van der Waals surface area contributed by atoms with Crippen molar-refractivity contribution in [3.63, 3.8) is 0 Å². The van der Waals surface area contributed by atoms with Gasteiger partial charge < -0.3 is 10.1 Å². The van der Waals surface area contributed by atoms with Gasteiger partial charge in [-0.1, -0.05) is 11.8 Å². The molecule has 1 N–H and O–H groups in total. The molecule has 1 unspecified atom stereocenters. The molecule has 5 nitrogen and oxygen atoms in total. The Morgan fingerprint density at radius 1 is 1.47 bits per heavy atom. The first-order valence-electron chi connectivity index (χ1n) is 5.27. The number of carbonyl (C=O) groups excluding carboxylic acids is 1. The number of ether oxygens (including phenoxy) is 1. The fourth-order valence-electron chi connectivity index (χ4n) is 1.33. The fraction of sp³-hybridized carbons (Fsp3) is 0.545. The van der Waals surface area contributed by atoms with Crippen LogP contribution in [0.4, 0.5) is 0 Å². The lowest BCUT2D eigenvalue weighted by atomic mass is 10.3. The minimum Gasteiger partial charge on any atom is -0.468 e. The Morgan fingerprint density at radius 3 is 2.53 bits per heavy atom. The van der Waals surface area contributed by atoms with E-state index in [9.17, 15) is 4.79 Å². The smallest absolute Gasteiger partial charge is 0.323 e. The molecule has 0 fully saturated rings. The maximum Gasteiger partial charge on any atom is 0.323 e. The third-order valence-corrected chi connectivity index (χ3v) is 3.12. The summed E-state index contributed by atoms with van der Waals surface area (Å²) in [6.45, 7) is 3.85. The van der Waals surface area contributed by atoms with E-state index >= 15 is 0 Å². The average Bonchev–Trinajstić information content (AvgIpc) is 2.28. The number of hydrogen-bond acceptors (Lipinski definition) is 6. The van der Waals surface area contributed by atoms with Gasteiger partial charge in [0.05, 0.1) is 7.11 Å². The molecule has 0 aliphatic heterocycles. The van der Waals surface area contributed by atoms with E-state index in [0.717, 1.165) is 11.4 Å². The van der Waals surface area contributed by atoms with Crippen LogP contribution in [-0.2, 0) is 9.53 Å². The summed E-state index contributed by atoms with van der Waals surface area (Å²) in [7, 11) is 3.11. The fourth-order valence-corrected chi connectivity index (χ4v) is 2.36. The molecule has 0 aliphatic rings. The van der Waals surface area contributed by atoms with E-state index < -0.39 is 0 Å². The summed E-state index contributed by atoms with van der Waals surface area (Å²) in [5.41, 5.74) is 1.86. The van der Waals surface area contributed by atoms with Crippen molar-refractivity contribution in [2.24, 2.45) is 0 Å². The van der Waals surface area contributed by atoms with Crippen LogP contribution in [0.3, 0.4) is 0 Å². The number of thioether (sulfide) groups is 1. The van der Waals surface area contributed by atoms with Gasteiger partial charge in [0.25, 0.3) is 0 Å². The topological polar surface area (TPSA) is 64.1 Å². The minimum absolute atomic E-state index is 0.274. The van der Waals surface area contributed by atoms with E-state index in [1.54, 1.807) is 7.05 Å². The zero-order chi connectivity index (χ0) is 12.8. The van der Waals surface area contributed by atoms with Crippen molar-refractivity contribution in [3.8, 4) is 0 Å². The van der Waals surface area contributed by atoms with Gasteiger partial charge in [0.2, 0.25) is 0 Å². The van der Waals surface area contributed by atoms with Gasteiger partial charge in [-0.15, -0.1) is 0 Å². The molecule has 1 heterocycles. The second kappa shape index (κ2) is 6.56. The highest BCUT2D eigenvalue weighted by Crippen LogP contribution is 2.15. The second-order valence-electron chi connectivity index (χ2n) is 3.61. The third kappa shape index (κ3) is 4.32. The molecule has 0 saturated carbocycles. The Balaban J connectivity index is 2.62. The van der Waals surface area contributed by atoms with Crippen molar-refractivity contribution in [3.05, 3.63) is 17.5 Å². The Kier molecular flexibility index (Phi) is 5.37. The lowest BCUT2D eigenvalue weighted by molar-refractivity contribution is -0.142. The maximum atomic E-state index is 11.4. The van der Waals surface area contributed by atoms with Crippen molar-refractivity contribution in [1.29, 1.82) is 0 Å². The molecule has 0 saturated heterocycles. The van der Waals surface area contributed by atoms with E-state index in [2.05, 4.69) is 20.0 Å². The minimum atomic E-state index is -0.339. The summed E-state index contributed by atoms with van der Waals surface area (Å²) in [6.07, 6.45) is 0. The number of rotatable bonds is 5. The molecule has 17 heavy (non-hydrogen) atoms. The number of methoxy groups -OCH3 is 1. The largest absolute Gasteiger partial charge is 0.468 e. The van der Waals surface area contributed by atoms with Gasteiger partial charge in [-0.05, 0) is 27.0 Å². The number of aryl methyl sites for hydroxylation is 2. The molecule has 0 spiro atoms. The molecule has 0 aromatic carbocycles. The molecule has 1 rings (SSSR count). The van der Waals surface area contributed by atoms with Gasteiger partial charge in [0, 0.05) is 17.1 Å². The highest BCUT2D eigenvalue weighted by atomic mass is 32.2. The molecular weight excluding hydrogens is 238 g/mol. The Morgan fingerprint density at radius 2 is 2.06 bits per heavy atom. The SMILES string of the molecule is CNC(CSc1nc(C)cc(C)n1)C(=O)OC. The van der Waals surface area contributed by atoms with Crippen LogP contribution in [-0.4, -0.2) is 41.9 Å². The van der Waals surface area contributed by atoms with Gasteiger partial charge >= 0.3 is 5.97 Å². The van der Waals surface area contributed by atoms with E-state index in [1.807, 2.05) is 19.9 Å². The first-order chi connectivity index (χ1) is 8.06. The quantitative estimate of drug-likeness (QED) is 0.480. The Labute approximate surface area is 105 Å². The zero-order valence-electron chi connectivity index (χ0n) is 10.5. The average molecular weight is 255 g/mol. The molecule has 0 aliphatic carbocycles. The van der Waals surface area contributed by atoms with E-state index in [-0.39, 0.29) is 12.0 Å². The summed E-state index contributed by atoms with van der Waals surface area (Å²) in [4.78, 5) is 20.0. The lowest BCUT2D eigenvalue weighted by Gasteiger charge is -2.12. The van der Waals surface area contributed by atoms with Crippen LogP contribution < -0.4 is 5.32 Å². The van der Waals surface area contributed by atoms with Crippen molar-refractivity contribution >= 4 is 17.7 Å². The highest BCUT2D eigenvalue weighted by Gasteiger charge is 2.17.